The molecule has 3 nitrogen and oxygen atoms in total. The molecule has 1 aromatic rings. The lowest BCUT2D eigenvalue weighted by molar-refractivity contribution is 0.0963. The van der Waals surface area contributed by atoms with Gasteiger partial charge < -0.3 is 10.6 Å². The van der Waals surface area contributed by atoms with Crippen molar-refractivity contribution in [3.05, 3.63) is 29.3 Å². The standard InChI is InChI=1S/C15H22N2O/c1-10-5-4-6-13(10)17-14-9-12(15(18)16-3)8-7-11(14)2/h7-10,13,17H,4-6H2,1-3H3,(H,16,18). The zero-order valence-corrected chi connectivity index (χ0v) is 11.4. The van der Waals surface area contributed by atoms with Gasteiger partial charge in [-0.15, -0.1) is 0 Å². The van der Waals surface area contributed by atoms with Gasteiger partial charge in [0.2, 0.25) is 0 Å². The quantitative estimate of drug-likeness (QED) is 0.861. The molecule has 2 atom stereocenters. The summed E-state index contributed by atoms with van der Waals surface area (Å²) in [5.41, 5.74) is 3.01. The Morgan fingerprint density at radius 3 is 2.72 bits per heavy atom. The summed E-state index contributed by atoms with van der Waals surface area (Å²) < 4.78 is 0. The second-order valence-corrected chi connectivity index (χ2v) is 5.27. The third-order valence-corrected chi connectivity index (χ3v) is 3.93. The van der Waals surface area contributed by atoms with Gasteiger partial charge in [0.1, 0.15) is 0 Å². The minimum Gasteiger partial charge on any atom is -0.382 e. The number of nitrogens with one attached hydrogen (secondary N) is 2. The highest BCUT2D eigenvalue weighted by Crippen LogP contribution is 2.29. The van der Waals surface area contributed by atoms with Crippen LogP contribution < -0.4 is 10.6 Å². The van der Waals surface area contributed by atoms with Crippen LogP contribution in [0.1, 0.15) is 42.1 Å². The van der Waals surface area contributed by atoms with E-state index in [9.17, 15) is 4.79 Å². The molecule has 98 valence electrons. The summed E-state index contributed by atoms with van der Waals surface area (Å²) in [4.78, 5) is 11.6. The van der Waals surface area contributed by atoms with Crippen LogP contribution in [-0.4, -0.2) is 19.0 Å². The molecule has 1 saturated carbocycles. The topological polar surface area (TPSA) is 41.1 Å². The number of carbonyl (C=O) groups excluding carboxylic acids is 1. The van der Waals surface area contributed by atoms with Crippen LogP contribution in [0.25, 0.3) is 0 Å². The first-order chi connectivity index (χ1) is 8.61. The maximum absolute atomic E-state index is 11.6. The highest BCUT2D eigenvalue weighted by Gasteiger charge is 2.23. The molecule has 2 unspecified atom stereocenters. The van der Waals surface area contributed by atoms with Crippen molar-refractivity contribution >= 4 is 11.6 Å². The normalized spacial score (nSPS) is 22.8. The Kier molecular flexibility index (Phi) is 3.90. The molecule has 1 fully saturated rings. The molecule has 2 rings (SSSR count). The Hall–Kier alpha value is -1.51. The molecule has 0 bridgehead atoms. The van der Waals surface area contributed by atoms with Gasteiger partial charge in [0.15, 0.2) is 0 Å². The van der Waals surface area contributed by atoms with Crippen LogP contribution in [0, 0.1) is 12.8 Å². The summed E-state index contributed by atoms with van der Waals surface area (Å²) in [6.07, 6.45) is 3.82. The largest absolute Gasteiger partial charge is 0.382 e. The highest BCUT2D eigenvalue weighted by atomic mass is 16.1. The lowest BCUT2D eigenvalue weighted by atomic mass is 10.0. The molecule has 1 aliphatic rings. The van der Waals surface area contributed by atoms with Crippen molar-refractivity contribution in [2.24, 2.45) is 5.92 Å². The maximum Gasteiger partial charge on any atom is 0.251 e. The molecule has 0 aromatic heterocycles. The van der Waals surface area contributed by atoms with E-state index >= 15 is 0 Å². The van der Waals surface area contributed by atoms with Crippen LogP contribution in [0.15, 0.2) is 18.2 Å². The molecule has 0 aliphatic heterocycles. The van der Waals surface area contributed by atoms with E-state index in [-0.39, 0.29) is 5.91 Å². The monoisotopic (exact) mass is 246 g/mol. The van der Waals surface area contributed by atoms with E-state index in [1.807, 2.05) is 18.2 Å². The van der Waals surface area contributed by atoms with Crippen molar-refractivity contribution in [2.45, 2.75) is 39.2 Å². The van der Waals surface area contributed by atoms with Crippen molar-refractivity contribution in [2.75, 3.05) is 12.4 Å². The van der Waals surface area contributed by atoms with Crippen molar-refractivity contribution in [1.82, 2.24) is 5.32 Å². The fraction of sp³-hybridized carbons (Fsp3) is 0.533. The first-order valence-corrected chi connectivity index (χ1v) is 6.71. The third-order valence-electron chi connectivity index (χ3n) is 3.93. The van der Waals surface area contributed by atoms with E-state index in [0.717, 1.165) is 11.3 Å². The molecular formula is C15H22N2O. The van der Waals surface area contributed by atoms with Crippen molar-refractivity contribution < 1.29 is 4.79 Å². The van der Waals surface area contributed by atoms with Crippen molar-refractivity contribution in [1.29, 1.82) is 0 Å². The summed E-state index contributed by atoms with van der Waals surface area (Å²) in [6.45, 7) is 4.37. The van der Waals surface area contributed by atoms with Gasteiger partial charge >= 0.3 is 0 Å². The molecule has 2 N–H and O–H groups in total. The van der Waals surface area contributed by atoms with Crippen molar-refractivity contribution in [3.63, 3.8) is 0 Å². The summed E-state index contributed by atoms with van der Waals surface area (Å²) in [5.74, 6) is 0.686. The van der Waals surface area contributed by atoms with Gasteiger partial charge in [-0.2, -0.15) is 0 Å². The first kappa shape index (κ1) is 12.9. The van der Waals surface area contributed by atoms with Crippen LogP contribution >= 0.6 is 0 Å². The van der Waals surface area contributed by atoms with E-state index in [0.29, 0.717) is 12.0 Å². The maximum atomic E-state index is 11.6. The third kappa shape index (κ3) is 2.66. The Balaban J connectivity index is 2.18. The minimum atomic E-state index is -0.0301. The predicted octanol–water partition coefficient (Wildman–Crippen LogP) is 2.96. The van der Waals surface area contributed by atoms with E-state index in [1.165, 1.54) is 24.8 Å². The van der Waals surface area contributed by atoms with Crippen molar-refractivity contribution in [3.8, 4) is 0 Å². The lowest BCUT2D eigenvalue weighted by Gasteiger charge is -2.20. The lowest BCUT2D eigenvalue weighted by Crippen LogP contribution is -2.23. The first-order valence-electron chi connectivity index (χ1n) is 6.71. The van der Waals surface area contributed by atoms with Gasteiger partial charge in [-0.1, -0.05) is 19.4 Å². The molecule has 1 aromatic carbocycles. The molecular weight excluding hydrogens is 224 g/mol. The van der Waals surface area contributed by atoms with E-state index < -0.39 is 0 Å². The number of hydrogen-bond donors (Lipinski definition) is 2. The number of rotatable bonds is 3. The molecule has 1 amide bonds. The number of carbonyl (C=O) groups is 1. The molecule has 0 spiro atoms. The Morgan fingerprint density at radius 2 is 2.11 bits per heavy atom. The average molecular weight is 246 g/mol. The minimum absolute atomic E-state index is 0.0301. The fourth-order valence-corrected chi connectivity index (χ4v) is 2.62. The summed E-state index contributed by atoms with van der Waals surface area (Å²) in [7, 11) is 1.66. The number of anilines is 1. The van der Waals surface area contributed by atoms with Crippen LogP contribution in [0.2, 0.25) is 0 Å². The second kappa shape index (κ2) is 5.42. The van der Waals surface area contributed by atoms with Crippen LogP contribution in [-0.2, 0) is 0 Å². The molecule has 0 saturated heterocycles. The molecule has 3 heteroatoms. The van der Waals surface area contributed by atoms with Gasteiger partial charge in [0.05, 0.1) is 0 Å². The molecule has 1 aliphatic carbocycles. The van der Waals surface area contributed by atoms with E-state index in [2.05, 4.69) is 24.5 Å². The van der Waals surface area contributed by atoms with E-state index in [1.54, 1.807) is 7.05 Å². The van der Waals surface area contributed by atoms with Gasteiger partial charge in [-0.05, 0) is 43.4 Å². The number of hydrogen-bond acceptors (Lipinski definition) is 2. The van der Waals surface area contributed by atoms with Gasteiger partial charge in [0.25, 0.3) is 5.91 Å². The van der Waals surface area contributed by atoms with E-state index in [4.69, 9.17) is 0 Å². The zero-order valence-electron chi connectivity index (χ0n) is 11.4. The number of aryl methyl sites for hydroxylation is 1. The van der Waals surface area contributed by atoms with Crippen LogP contribution in [0.5, 0.6) is 0 Å². The highest BCUT2D eigenvalue weighted by molar-refractivity contribution is 5.95. The summed E-state index contributed by atoms with van der Waals surface area (Å²) >= 11 is 0. The Morgan fingerprint density at radius 1 is 1.33 bits per heavy atom. The molecule has 0 heterocycles. The Labute approximate surface area is 109 Å². The van der Waals surface area contributed by atoms with Crippen LogP contribution in [0.4, 0.5) is 5.69 Å². The Bertz CT molecular complexity index is 442. The number of benzene rings is 1. The van der Waals surface area contributed by atoms with Gasteiger partial charge in [-0.25, -0.2) is 0 Å². The average Bonchev–Trinajstić information content (AvgIpc) is 2.77. The second-order valence-electron chi connectivity index (χ2n) is 5.27. The van der Waals surface area contributed by atoms with Gasteiger partial charge in [0, 0.05) is 24.3 Å². The molecule has 18 heavy (non-hydrogen) atoms. The summed E-state index contributed by atoms with van der Waals surface area (Å²) in [6, 6.07) is 6.38. The smallest absolute Gasteiger partial charge is 0.251 e. The number of amides is 1. The SMILES string of the molecule is CNC(=O)c1ccc(C)c(NC2CCCC2C)c1. The summed E-state index contributed by atoms with van der Waals surface area (Å²) in [5, 5.41) is 6.26. The molecule has 0 radical (unpaired) electrons. The fourth-order valence-electron chi connectivity index (χ4n) is 2.62. The zero-order chi connectivity index (χ0) is 13.1. The predicted molar refractivity (Wildman–Crippen MR) is 75.0 cm³/mol. The van der Waals surface area contributed by atoms with Gasteiger partial charge in [-0.3, -0.25) is 4.79 Å². The van der Waals surface area contributed by atoms with Crippen LogP contribution in [0.3, 0.4) is 0 Å².